The first kappa shape index (κ1) is 15.6. The monoisotopic (exact) mass is 313 g/mol. The number of ether oxygens (including phenoxy) is 3. The van der Waals surface area contributed by atoms with Crippen LogP contribution in [0.5, 0.6) is 0 Å². The van der Waals surface area contributed by atoms with Crippen LogP contribution >= 0.6 is 0 Å². The van der Waals surface area contributed by atoms with E-state index in [1.807, 2.05) is 0 Å². The zero-order valence-corrected chi connectivity index (χ0v) is 13.5. The number of carboxylic acids is 1. The van der Waals surface area contributed by atoms with Gasteiger partial charge in [-0.15, -0.1) is 0 Å². The second kappa shape index (κ2) is 4.58. The topological polar surface area (TPSA) is 85.3 Å². The number of rotatable bonds is 1. The molecular weight excluding hydrogens is 290 g/mol. The standard InChI is InChI=1S/C15H23NO6/c1-14(2,3)22-13(19)16-8-6-7(9(16)12(17)18)10-11(8)21-15(4,5)20-10/h7-11H,6H2,1-5H3,(H,17,18)/t7-,8+,9-,10+,11+/m1/s1. The molecular formula is C15H23NO6. The molecule has 22 heavy (non-hydrogen) atoms. The third-order valence-corrected chi connectivity index (χ3v) is 4.40. The van der Waals surface area contributed by atoms with E-state index in [4.69, 9.17) is 14.2 Å². The first-order valence-corrected chi connectivity index (χ1v) is 7.60. The Bertz CT molecular complexity index is 511. The van der Waals surface area contributed by atoms with E-state index in [0.29, 0.717) is 6.42 Å². The van der Waals surface area contributed by atoms with Crippen molar-refractivity contribution in [2.24, 2.45) is 5.92 Å². The van der Waals surface area contributed by atoms with Crippen LogP contribution in [0.25, 0.3) is 0 Å². The number of carbonyl (C=O) groups is 2. The molecule has 0 aromatic rings. The molecule has 0 spiro atoms. The lowest BCUT2D eigenvalue weighted by Gasteiger charge is -2.38. The molecule has 0 aromatic carbocycles. The molecule has 0 aromatic heterocycles. The first-order valence-electron chi connectivity index (χ1n) is 7.60. The molecule has 0 radical (unpaired) electrons. The number of hydrogen-bond donors (Lipinski definition) is 1. The summed E-state index contributed by atoms with van der Waals surface area (Å²) in [6, 6.07) is -1.23. The quantitative estimate of drug-likeness (QED) is 0.791. The highest BCUT2D eigenvalue weighted by Gasteiger charge is 2.66. The summed E-state index contributed by atoms with van der Waals surface area (Å²) in [6.45, 7) is 8.89. The van der Waals surface area contributed by atoms with Crippen LogP contribution in [-0.4, -0.2) is 57.7 Å². The molecule has 5 atom stereocenters. The van der Waals surface area contributed by atoms with Crippen molar-refractivity contribution in [1.82, 2.24) is 4.90 Å². The number of carboxylic acid groups (broad SMARTS) is 1. The van der Waals surface area contributed by atoms with Gasteiger partial charge in [-0.05, 0) is 41.0 Å². The molecule has 3 fully saturated rings. The van der Waals surface area contributed by atoms with Crippen molar-refractivity contribution in [1.29, 1.82) is 0 Å². The Kier molecular flexibility index (Phi) is 3.24. The molecule has 1 N–H and O–H groups in total. The highest BCUT2D eigenvalue weighted by Crippen LogP contribution is 2.51. The summed E-state index contributed by atoms with van der Waals surface area (Å²) in [4.78, 5) is 25.5. The van der Waals surface area contributed by atoms with Crippen LogP contribution in [-0.2, 0) is 19.0 Å². The van der Waals surface area contributed by atoms with E-state index < -0.39 is 29.5 Å². The van der Waals surface area contributed by atoms with Crippen LogP contribution in [0.15, 0.2) is 0 Å². The van der Waals surface area contributed by atoms with Crippen LogP contribution in [0.3, 0.4) is 0 Å². The molecule has 2 saturated heterocycles. The van der Waals surface area contributed by atoms with E-state index in [1.165, 1.54) is 4.90 Å². The van der Waals surface area contributed by atoms with Crippen molar-refractivity contribution in [3.8, 4) is 0 Å². The number of carbonyl (C=O) groups excluding carboxylic acids is 1. The van der Waals surface area contributed by atoms with Crippen LogP contribution in [0.2, 0.25) is 0 Å². The summed E-state index contributed by atoms with van der Waals surface area (Å²) in [6.07, 6.45) is -0.594. The maximum atomic E-state index is 12.5. The van der Waals surface area contributed by atoms with Crippen LogP contribution in [0.1, 0.15) is 41.0 Å². The van der Waals surface area contributed by atoms with Gasteiger partial charge in [0, 0.05) is 5.92 Å². The SMILES string of the molecule is CC(C)(C)OC(=O)N1[C@H]2C[C@@H]([C@@H]3OC(C)(C)O[C@H]32)[C@@H]1C(=O)O. The van der Waals surface area contributed by atoms with E-state index >= 15 is 0 Å². The fourth-order valence-corrected chi connectivity index (χ4v) is 3.85. The van der Waals surface area contributed by atoms with E-state index in [0.717, 1.165) is 0 Å². The fourth-order valence-electron chi connectivity index (χ4n) is 3.85. The molecule has 124 valence electrons. The normalized spacial score (nSPS) is 39.0. The lowest BCUT2D eigenvalue weighted by Crippen LogP contribution is -2.58. The van der Waals surface area contributed by atoms with E-state index in [-0.39, 0.29) is 24.2 Å². The number of amides is 1. The zero-order chi connectivity index (χ0) is 16.4. The molecule has 3 rings (SSSR count). The van der Waals surface area contributed by atoms with Gasteiger partial charge in [-0.25, -0.2) is 9.59 Å². The highest BCUT2D eigenvalue weighted by molar-refractivity contribution is 5.82. The Balaban J connectivity index is 1.87. The lowest BCUT2D eigenvalue weighted by atomic mass is 9.95. The van der Waals surface area contributed by atoms with Gasteiger partial charge < -0.3 is 19.3 Å². The van der Waals surface area contributed by atoms with Gasteiger partial charge in [0.25, 0.3) is 0 Å². The maximum Gasteiger partial charge on any atom is 0.411 e. The van der Waals surface area contributed by atoms with Gasteiger partial charge in [0.15, 0.2) is 5.79 Å². The number of fused-ring (bicyclic) bond motifs is 5. The predicted octanol–water partition coefficient (Wildman–Crippen LogP) is 1.60. The van der Waals surface area contributed by atoms with E-state index in [2.05, 4.69) is 0 Å². The number of nitrogens with zero attached hydrogens (tertiary/aromatic N) is 1. The summed E-state index contributed by atoms with van der Waals surface area (Å²) in [5.41, 5.74) is -0.673. The summed E-state index contributed by atoms with van der Waals surface area (Å²) < 4.78 is 17.1. The van der Waals surface area contributed by atoms with Gasteiger partial charge in [0.1, 0.15) is 17.7 Å². The molecule has 1 saturated carbocycles. The van der Waals surface area contributed by atoms with E-state index in [9.17, 15) is 14.7 Å². The van der Waals surface area contributed by atoms with Gasteiger partial charge in [-0.2, -0.15) is 0 Å². The maximum absolute atomic E-state index is 12.5. The molecule has 7 nitrogen and oxygen atoms in total. The summed E-state index contributed by atoms with van der Waals surface area (Å²) in [5.74, 6) is -2.04. The van der Waals surface area contributed by atoms with Gasteiger partial charge in [0.05, 0.1) is 12.1 Å². The summed E-state index contributed by atoms with van der Waals surface area (Å²) in [5, 5.41) is 9.56. The Morgan fingerprint density at radius 3 is 2.36 bits per heavy atom. The van der Waals surface area contributed by atoms with Gasteiger partial charge in [-0.1, -0.05) is 0 Å². The number of hydrogen-bond acceptors (Lipinski definition) is 5. The Hall–Kier alpha value is -1.34. The second-order valence-electron chi connectivity index (χ2n) is 7.70. The minimum absolute atomic E-state index is 0.262. The molecule has 0 unspecified atom stereocenters. The summed E-state index contributed by atoms with van der Waals surface area (Å²) in [7, 11) is 0. The number of likely N-dealkylation sites (tertiary alicyclic amines) is 1. The average molecular weight is 313 g/mol. The number of piperidine rings is 1. The van der Waals surface area contributed by atoms with Gasteiger partial charge in [-0.3, -0.25) is 4.90 Å². The molecule has 1 amide bonds. The van der Waals surface area contributed by atoms with Gasteiger partial charge >= 0.3 is 12.1 Å². The second-order valence-corrected chi connectivity index (χ2v) is 7.70. The molecule has 2 bridgehead atoms. The molecule has 2 heterocycles. The Labute approximate surface area is 129 Å². The van der Waals surface area contributed by atoms with Crippen molar-refractivity contribution in [3.63, 3.8) is 0 Å². The zero-order valence-electron chi connectivity index (χ0n) is 13.5. The van der Waals surface area contributed by atoms with Crippen molar-refractivity contribution in [2.45, 2.75) is 76.7 Å². The first-order chi connectivity index (χ1) is 10.0. The smallest absolute Gasteiger partial charge is 0.411 e. The van der Waals surface area contributed by atoms with Crippen LogP contribution < -0.4 is 0 Å². The molecule has 3 aliphatic rings. The molecule has 2 aliphatic heterocycles. The van der Waals surface area contributed by atoms with Crippen LogP contribution in [0.4, 0.5) is 4.79 Å². The molecule has 1 aliphatic carbocycles. The summed E-state index contributed by atoms with van der Waals surface area (Å²) >= 11 is 0. The lowest BCUT2D eigenvalue weighted by molar-refractivity contribution is -0.157. The van der Waals surface area contributed by atoms with Crippen molar-refractivity contribution in [3.05, 3.63) is 0 Å². The van der Waals surface area contributed by atoms with Crippen molar-refractivity contribution >= 4 is 12.1 Å². The fraction of sp³-hybridized carbons (Fsp3) is 0.867. The predicted molar refractivity (Wildman–Crippen MR) is 75.2 cm³/mol. The minimum atomic E-state index is -1.02. The third kappa shape index (κ3) is 2.36. The highest BCUT2D eigenvalue weighted by atomic mass is 16.8. The van der Waals surface area contributed by atoms with E-state index in [1.54, 1.807) is 34.6 Å². The van der Waals surface area contributed by atoms with Crippen molar-refractivity contribution in [2.75, 3.05) is 0 Å². The van der Waals surface area contributed by atoms with Crippen LogP contribution in [0, 0.1) is 5.92 Å². The van der Waals surface area contributed by atoms with Gasteiger partial charge in [0.2, 0.25) is 0 Å². The minimum Gasteiger partial charge on any atom is -0.480 e. The third-order valence-electron chi connectivity index (χ3n) is 4.40. The van der Waals surface area contributed by atoms with Crippen molar-refractivity contribution < 1.29 is 28.9 Å². The Morgan fingerprint density at radius 1 is 1.23 bits per heavy atom. The largest absolute Gasteiger partial charge is 0.480 e. The number of aliphatic carboxylic acids is 1. The molecule has 7 heteroatoms. The average Bonchev–Trinajstić information content (AvgIpc) is 2.91. The Morgan fingerprint density at radius 2 is 1.82 bits per heavy atom.